The quantitative estimate of drug-likeness (QED) is 0.888. The third kappa shape index (κ3) is 3.34. The first-order chi connectivity index (χ1) is 10.0. The van der Waals surface area contributed by atoms with Crippen molar-refractivity contribution in [1.29, 1.82) is 0 Å². The first-order valence-electron chi connectivity index (χ1n) is 6.18. The van der Waals surface area contributed by atoms with Gasteiger partial charge in [-0.25, -0.2) is 8.78 Å². The Balaban J connectivity index is 2.17. The Labute approximate surface area is 120 Å². The van der Waals surface area contributed by atoms with Gasteiger partial charge in [-0.3, -0.25) is 0 Å². The van der Waals surface area contributed by atoms with E-state index in [1.54, 1.807) is 12.1 Å². The number of phenols is 1. The summed E-state index contributed by atoms with van der Waals surface area (Å²) in [5.41, 5.74) is 1.20. The predicted octanol–water partition coefficient (Wildman–Crippen LogP) is 3.30. The van der Waals surface area contributed by atoms with Gasteiger partial charge in [0.1, 0.15) is 0 Å². The van der Waals surface area contributed by atoms with Crippen LogP contribution in [-0.4, -0.2) is 19.3 Å². The molecule has 2 N–H and O–H groups in total. The van der Waals surface area contributed by atoms with Crippen LogP contribution in [0.15, 0.2) is 30.3 Å². The molecular weight excluding hydrogens is 280 g/mol. The second-order valence-corrected chi connectivity index (χ2v) is 4.33. The molecule has 0 heterocycles. The highest BCUT2D eigenvalue weighted by Gasteiger charge is 2.11. The second kappa shape index (κ2) is 6.30. The van der Waals surface area contributed by atoms with E-state index in [4.69, 9.17) is 9.47 Å². The van der Waals surface area contributed by atoms with E-state index >= 15 is 0 Å². The molecule has 21 heavy (non-hydrogen) atoms. The predicted molar refractivity (Wildman–Crippen MR) is 74.9 cm³/mol. The molecule has 0 unspecified atom stereocenters. The van der Waals surface area contributed by atoms with Crippen molar-refractivity contribution in [3.8, 4) is 17.2 Å². The fourth-order valence-electron chi connectivity index (χ4n) is 1.86. The van der Waals surface area contributed by atoms with Gasteiger partial charge in [-0.15, -0.1) is 0 Å². The van der Waals surface area contributed by atoms with Crippen LogP contribution in [0.5, 0.6) is 17.2 Å². The number of anilines is 1. The maximum absolute atomic E-state index is 13.1. The maximum Gasteiger partial charge on any atom is 0.200 e. The summed E-state index contributed by atoms with van der Waals surface area (Å²) in [6.07, 6.45) is 0. The van der Waals surface area contributed by atoms with Gasteiger partial charge in [0.2, 0.25) is 5.75 Å². The fourth-order valence-corrected chi connectivity index (χ4v) is 1.86. The van der Waals surface area contributed by atoms with Crippen LogP contribution in [0, 0.1) is 11.6 Å². The lowest BCUT2D eigenvalue weighted by atomic mass is 10.1. The van der Waals surface area contributed by atoms with Crippen molar-refractivity contribution >= 4 is 5.69 Å². The van der Waals surface area contributed by atoms with Crippen molar-refractivity contribution in [2.24, 2.45) is 0 Å². The number of ether oxygens (including phenoxy) is 2. The van der Waals surface area contributed by atoms with Gasteiger partial charge in [0.25, 0.3) is 0 Å². The number of hydrogen-bond donors (Lipinski definition) is 2. The molecule has 0 fully saturated rings. The standard InChI is InChI=1S/C15H15F2NO3/c1-20-13-5-9(6-14(21-2)15(13)19)8-18-10-3-4-11(16)12(17)7-10/h3-7,18-19H,8H2,1-2H3. The average Bonchev–Trinajstić information content (AvgIpc) is 2.49. The van der Waals surface area contributed by atoms with Gasteiger partial charge < -0.3 is 19.9 Å². The molecular formula is C15H15F2NO3. The Morgan fingerprint density at radius 2 is 1.62 bits per heavy atom. The summed E-state index contributed by atoms with van der Waals surface area (Å²) in [5.74, 6) is -1.35. The summed E-state index contributed by atoms with van der Waals surface area (Å²) in [6.45, 7) is 0.331. The van der Waals surface area contributed by atoms with E-state index in [9.17, 15) is 13.9 Å². The molecule has 6 heteroatoms. The lowest BCUT2D eigenvalue weighted by Crippen LogP contribution is -2.01. The number of methoxy groups -OCH3 is 2. The van der Waals surface area contributed by atoms with Gasteiger partial charge in [-0.05, 0) is 29.8 Å². The maximum atomic E-state index is 13.1. The van der Waals surface area contributed by atoms with E-state index in [2.05, 4.69) is 5.32 Å². The van der Waals surface area contributed by atoms with Crippen molar-refractivity contribution in [1.82, 2.24) is 0 Å². The number of hydrogen-bond acceptors (Lipinski definition) is 4. The molecule has 0 aliphatic rings. The van der Waals surface area contributed by atoms with E-state index < -0.39 is 11.6 Å². The van der Waals surface area contributed by atoms with Gasteiger partial charge in [-0.2, -0.15) is 0 Å². The molecule has 0 radical (unpaired) electrons. The Bertz CT molecular complexity index is 622. The minimum Gasteiger partial charge on any atom is -0.502 e. The zero-order valence-electron chi connectivity index (χ0n) is 11.6. The van der Waals surface area contributed by atoms with Crippen molar-refractivity contribution in [2.75, 3.05) is 19.5 Å². The Morgan fingerprint density at radius 1 is 1.00 bits per heavy atom. The first kappa shape index (κ1) is 14.9. The monoisotopic (exact) mass is 295 g/mol. The van der Waals surface area contributed by atoms with Gasteiger partial charge in [0.15, 0.2) is 23.1 Å². The van der Waals surface area contributed by atoms with Crippen molar-refractivity contribution in [3.63, 3.8) is 0 Å². The zero-order chi connectivity index (χ0) is 15.4. The average molecular weight is 295 g/mol. The summed E-state index contributed by atoms with van der Waals surface area (Å²) >= 11 is 0. The molecule has 2 aromatic carbocycles. The van der Waals surface area contributed by atoms with Gasteiger partial charge in [0, 0.05) is 18.3 Å². The highest BCUT2D eigenvalue weighted by Crippen LogP contribution is 2.37. The highest BCUT2D eigenvalue weighted by atomic mass is 19.2. The third-order valence-corrected chi connectivity index (χ3v) is 2.96. The molecule has 0 saturated heterocycles. The van der Waals surface area contributed by atoms with E-state index in [1.807, 2.05) is 0 Å². The van der Waals surface area contributed by atoms with Crippen LogP contribution >= 0.6 is 0 Å². The Hall–Kier alpha value is -2.50. The number of halogens is 2. The van der Waals surface area contributed by atoms with Gasteiger partial charge in [0.05, 0.1) is 14.2 Å². The second-order valence-electron chi connectivity index (χ2n) is 4.33. The van der Waals surface area contributed by atoms with Crippen LogP contribution in [0.3, 0.4) is 0 Å². The molecule has 0 atom stereocenters. The number of aromatic hydroxyl groups is 1. The number of nitrogens with one attached hydrogen (secondary N) is 1. The molecule has 4 nitrogen and oxygen atoms in total. The molecule has 0 bridgehead atoms. The number of benzene rings is 2. The van der Waals surface area contributed by atoms with Gasteiger partial charge in [-0.1, -0.05) is 0 Å². The SMILES string of the molecule is COc1cc(CNc2ccc(F)c(F)c2)cc(OC)c1O. The third-order valence-electron chi connectivity index (χ3n) is 2.96. The van der Waals surface area contributed by atoms with Crippen LogP contribution < -0.4 is 14.8 Å². The smallest absolute Gasteiger partial charge is 0.200 e. The van der Waals surface area contributed by atoms with E-state index in [1.165, 1.54) is 20.3 Å². The molecule has 2 rings (SSSR count). The highest BCUT2D eigenvalue weighted by molar-refractivity contribution is 5.53. The minimum absolute atomic E-state index is 0.0865. The van der Waals surface area contributed by atoms with Crippen LogP contribution in [0.1, 0.15) is 5.56 Å². The topological polar surface area (TPSA) is 50.7 Å². The van der Waals surface area contributed by atoms with E-state index in [-0.39, 0.29) is 17.2 Å². The van der Waals surface area contributed by atoms with Crippen molar-refractivity contribution in [2.45, 2.75) is 6.54 Å². The number of rotatable bonds is 5. The van der Waals surface area contributed by atoms with Crippen LogP contribution in [-0.2, 0) is 6.54 Å². The summed E-state index contributed by atoms with van der Waals surface area (Å²) in [6, 6.07) is 6.82. The van der Waals surface area contributed by atoms with Gasteiger partial charge >= 0.3 is 0 Å². The molecule has 0 aromatic heterocycles. The fraction of sp³-hybridized carbons (Fsp3) is 0.200. The summed E-state index contributed by atoms with van der Waals surface area (Å²) in [5, 5.41) is 12.8. The lowest BCUT2D eigenvalue weighted by Gasteiger charge is -2.12. The molecule has 2 aromatic rings. The molecule has 0 amide bonds. The summed E-state index contributed by atoms with van der Waals surface area (Å²) < 4.78 is 36.0. The number of phenolic OH excluding ortho intramolecular Hbond substituents is 1. The Kier molecular flexibility index (Phi) is 4.47. The van der Waals surface area contributed by atoms with Crippen LogP contribution in [0.25, 0.3) is 0 Å². The zero-order valence-corrected chi connectivity index (χ0v) is 11.6. The first-order valence-corrected chi connectivity index (χ1v) is 6.18. The minimum atomic E-state index is -0.916. The van der Waals surface area contributed by atoms with Crippen molar-refractivity contribution in [3.05, 3.63) is 47.5 Å². The molecule has 0 spiro atoms. The summed E-state index contributed by atoms with van der Waals surface area (Å²) in [7, 11) is 2.86. The largest absolute Gasteiger partial charge is 0.502 e. The van der Waals surface area contributed by atoms with Crippen LogP contribution in [0.4, 0.5) is 14.5 Å². The molecule has 112 valence electrons. The molecule has 0 saturated carbocycles. The Morgan fingerprint density at radius 3 is 2.14 bits per heavy atom. The van der Waals surface area contributed by atoms with E-state index in [0.29, 0.717) is 12.2 Å². The van der Waals surface area contributed by atoms with E-state index in [0.717, 1.165) is 17.7 Å². The molecule has 0 aliphatic heterocycles. The lowest BCUT2D eigenvalue weighted by molar-refractivity contribution is 0.339. The normalized spacial score (nSPS) is 10.3. The molecule has 0 aliphatic carbocycles. The van der Waals surface area contributed by atoms with Crippen LogP contribution in [0.2, 0.25) is 0 Å². The summed E-state index contributed by atoms with van der Waals surface area (Å²) in [4.78, 5) is 0. The van der Waals surface area contributed by atoms with Crippen molar-refractivity contribution < 1.29 is 23.4 Å².